The number of ether oxygens (including phenoxy) is 1. The zero-order valence-electron chi connectivity index (χ0n) is 10.8. The lowest BCUT2D eigenvalue weighted by atomic mass is 10.2. The van der Waals surface area contributed by atoms with Crippen LogP contribution in [-0.4, -0.2) is 42.0 Å². The highest BCUT2D eigenvalue weighted by molar-refractivity contribution is 14.1. The van der Waals surface area contributed by atoms with Gasteiger partial charge < -0.3 is 10.1 Å². The minimum Gasteiger partial charge on any atom is -0.449 e. The Balaban J connectivity index is 2.02. The zero-order chi connectivity index (χ0) is 14.7. The quantitative estimate of drug-likeness (QED) is 0.628. The molecule has 1 heterocycles. The van der Waals surface area contributed by atoms with Gasteiger partial charge in [0.2, 0.25) is 0 Å². The molecule has 106 valence electrons. The SMILES string of the molecule is CC(OC(=O)c1ccccc1I)C(=O)N1CCNC1=O. The average Bonchev–Trinajstić information content (AvgIpc) is 2.84. The number of hydrogen-bond acceptors (Lipinski definition) is 4. The van der Waals surface area contributed by atoms with Gasteiger partial charge in [-0.05, 0) is 41.6 Å². The monoisotopic (exact) mass is 388 g/mol. The number of rotatable bonds is 3. The minimum absolute atomic E-state index is 0.294. The first-order chi connectivity index (χ1) is 9.50. The molecule has 2 rings (SSSR count). The van der Waals surface area contributed by atoms with E-state index in [4.69, 9.17) is 4.74 Å². The maximum Gasteiger partial charge on any atom is 0.339 e. The normalized spacial score (nSPS) is 15.7. The molecule has 1 aromatic carbocycles. The number of esters is 1. The molecule has 7 heteroatoms. The Bertz CT molecular complexity index is 561. The smallest absolute Gasteiger partial charge is 0.339 e. The molecule has 1 atom stereocenters. The van der Waals surface area contributed by atoms with Gasteiger partial charge in [0.1, 0.15) is 0 Å². The van der Waals surface area contributed by atoms with E-state index in [1.807, 2.05) is 28.7 Å². The number of halogens is 1. The van der Waals surface area contributed by atoms with Crippen molar-refractivity contribution in [2.75, 3.05) is 13.1 Å². The Labute approximate surface area is 129 Å². The summed E-state index contributed by atoms with van der Waals surface area (Å²) in [4.78, 5) is 36.4. The molecule has 0 bridgehead atoms. The molecule has 1 aromatic rings. The van der Waals surface area contributed by atoms with Crippen molar-refractivity contribution in [1.29, 1.82) is 0 Å². The van der Waals surface area contributed by atoms with Crippen molar-refractivity contribution in [3.63, 3.8) is 0 Å². The number of nitrogens with zero attached hydrogens (tertiary/aromatic N) is 1. The first-order valence-electron chi connectivity index (χ1n) is 6.05. The van der Waals surface area contributed by atoms with E-state index in [2.05, 4.69) is 5.32 Å². The first-order valence-corrected chi connectivity index (χ1v) is 7.13. The van der Waals surface area contributed by atoms with Crippen molar-refractivity contribution in [1.82, 2.24) is 10.2 Å². The van der Waals surface area contributed by atoms with Gasteiger partial charge in [0.05, 0.1) is 5.56 Å². The lowest BCUT2D eigenvalue weighted by Crippen LogP contribution is -2.41. The molecular weight excluding hydrogens is 375 g/mol. The predicted molar refractivity (Wildman–Crippen MR) is 79.1 cm³/mol. The fraction of sp³-hybridized carbons (Fsp3) is 0.308. The second-order valence-electron chi connectivity index (χ2n) is 4.25. The minimum atomic E-state index is -0.998. The van der Waals surface area contributed by atoms with Gasteiger partial charge in [-0.2, -0.15) is 0 Å². The fourth-order valence-corrected chi connectivity index (χ4v) is 2.41. The van der Waals surface area contributed by atoms with Crippen molar-refractivity contribution in [3.05, 3.63) is 33.4 Å². The number of nitrogens with one attached hydrogen (secondary N) is 1. The molecule has 20 heavy (non-hydrogen) atoms. The maximum atomic E-state index is 12.0. The molecule has 0 aromatic heterocycles. The molecule has 1 unspecified atom stereocenters. The standard InChI is InChI=1S/C13H13IN2O4/c1-8(11(17)16-7-6-15-13(16)19)20-12(18)9-4-2-3-5-10(9)14/h2-5,8H,6-7H2,1H3,(H,15,19). The third-order valence-corrected chi connectivity index (χ3v) is 3.79. The van der Waals surface area contributed by atoms with Crippen molar-refractivity contribution >= 4 is 40.5 Å². The van der Waals surface area contributed by atoms with Crippen LogP contribution in [0.5, 0.6) is 0 Å². The Hall–Kier alpha value is -1.64. The number of carbonyl (C=O) groups excluding carboxylic acids is 3. The molecule has 0 radical (unpaired) electrons. The van der Waals surface area contributed by atoms with Gasteiger partial charge >= 0.3 is 12.0 Å². The molecule has 0 saturated carbocycles. The summed E-state index contributed by atoms with van der Waals surface area (Å²) in [5.74, 6) is -1.09. The summed E-state index contributed by atoms with van der Waals surface area (Å²) in [6, 6.07) is 6.48. The van der Waals surface area contributed by atoms with E-state index >= 15 is 0 Å². The summed E-state index contributed by atoms with van der Waals surface area (Å²) in [5, 5.41) is 2.52. The van der Waals surface area contributed by atoms with Crippen molar-refractivity contribution in [2.45, 2.75) is 13.0 Å². The van der Waals surface area contributed by atoms with Crippen LogP contribution in [0.15, 0.2) is 24.3 Å². The van der Waals surface area contributed by atoms with Crippen molar-refractivity contribution in [2.24, 2.45) is 0 Å². The highest BCUT2D eigenvalue weighted by Crippen LogP contribution is 2.14. The van der Waals surface area contributed by atoms with Crippen LogP contribution in [0, 0.1) is 3.57 Å². The molecule has 1 fully saturated rings. The summed E-state index contributed by atoms with van der Waals surface area (Å²) in [6.07, 6.45) is -0.998. The van der Waals surface area contributed by atoms with E-state index in [0.29, 0.717) is 18.7 Å². The number of carbonyl (C=O) groups is 3. The van der Waals surface area contributed by atoms with Crippen LogP contribution in [0.25, 0.3) is 0 Å². The number of hydrogen-bond donors (Lipinski definition) is 1. The topological polar surface area (TPSA) is 75.7 Å². The molecule has 0 spiro atoms. The van der Waals surface area contributed by atoms with Gasteiger partial charge in [-0.1, -0.05) is 12.1 Å². The van der Waals surface area contributed by atoms with Gasteiger partial charge in [0.15, 0.2) is 6.10 Å². The third-order valence-electron chi connectivity index (χ3n) is 2.85. The van der Waals surface area contributed by atoms with E-state index < -0.39 is 24.0 Å². The van der Waals surface area contributed by atoms with Gasteiger partial charge in [-0.15, -0.1) is 0 Å². The molecule has 1 aliphatic heterocycles. The van der Waals surface area contributed by atoms with E-state index in [1.165, 1.54) is 6.92 Å². The maximum absolute atomic E-state index is 12.0. The summed E-state index contributed by atoms with van der Waals surface area (Å²) < 4.78 is 5.87. The van der Waals surface area contributed by atoms with Crippen LogP contribution in [0.1, 0.15) is 17.3 Å². The molecule has 3 amide bonds. The molecule has 0 aliphatic carbocycles. The zero-order valence-corrected chi connectivity index (χ0v) is 12.9. The average molecular weight is 388 g/mol. The molecule has 6 nitrogen and oxygen atoms in total. The van der Waals surface area contributed by atoms with Crippen LogP contribution in [0.4, 0.5) is 4.79 Å². The second kappa shape index (κ2) is 6.21. The predicted octanol–water partition coefficient (Wildman–Crippen LogP) is 1.39. The summed E-state index contributed by atoms with van der Waals surface area (Å²) in [6.45, 7) is 2.17. The van der Waals surface area contributed by atoms with E-state index in [9.17, 15) is 14.4 Å². The Kier molecular flexibility index (Phi) is 4.58. The van der Waals surface area contributed by atoms with Crippen molar-refractivity contribution in [3.8, 4) is 0 Å². The molecule has 1 saturated heterocycles. The van der Waals surface area contributed by atoms with E-state index in [0.717, 1.165) is 8.47 Å². The summed E-state index contributed by atoms with van der Waals surface area (Å²) >= 11 is 2.02. The van der Waals surface area contributed by atoms with Crippen LogP contribution in [0.2, 0.25) is 0 Å². The summed E-state index contributed by atoms with van der Waals surface area (Å²) in [7, 11) is 0. The first kappa shape index (κ1) is 14.8. The third kappa shape index (κ3) is 3.09. The van der Waals surface area contributed by atoms with Crippen LogP contribution >= 0.6 is 22.6 Å². The fourth-order valence-electron chi connectivity index (χ4n) is 1.80. The Morgan fingerprint density at radius 3 is 2.70 bits per heavy atom. The number of benzene rings is 1. The number of amides is 3. The second-order valence-corrected chi connectivity index (χ2v) is 5.41. The lowest BCUT2D eigenvalue weighted by Gasteiger charge is -2.18. The highest BCUT2D eigenvalue weighted by atomic mass is 127. The molecule has 1 N–H and O–H groups in total. The van der Waals surface area contributed by atoms with Crippen LogP contribution in [0.3, 0.4) is 0 Å². The number of urea groups is 1. The molecular formula is C13H13IN2O4. The van der Waals surface area contributed by atoms with E-state index in [1.54, 1.807) is 18.2 Å². The van der Waals surface area contributed by atoms with Gasteiger partial charge in [0.25, 0.3) is 5.91 Å². The molecule has 1 aliphatic rings. The Morgan fingerprint density at radius 2 is 2.10 bits per heavy atom. The van der Waals surface area contributed by atoms with Gasteiger partial charge in [-0.25, -0.2) is 9.59 Å². The van der Waals surface area contributed by atoms with Crippen molar-refractivity contribution < 1.29 is 19.1 Å². The lowest BCUT2D eigenvalue weighted by molar-refractivity contribution is -0.136. The highest BCUT2D eigenvalue weighted by Gasteiger charge is 2.31. The largest absolute Gasteiger partial charge is 0.449 e. The van der Waals surface area contributed by atoms with Gasteiger partial charge in [0, 0.05) is 16.7 Å². The summed E-state index contributed by atoms with van der Waals surface area (Å²) in [5.41, 5.74) is 0.402. The van der Waals surface area contributed by atoms with Crippen LogP contribution in [-0.2, 0) is 9.53 Å². The van der Waals surface area contributed by atoms with Gasteiger partial charge in [-0.3, -0.25) is 9.69 Å². The Morgan fingerprint density at radius 1 is 1.40 bits per heavy atom. The van der Waals surface area contributed by atoms with E-state index in [-0.39, 0.29) is 0 Å². The number of imide groups is 1. The van der Waals surface area contributed by atoms with Crippen LogP contribution < -0.4 is 5.32 Å².